The molecule has 0 aromatic heterocycles. The molecule has 0 saturated heterocycles. The standard InChI is InChI=1S/C13H16N2O/c1-9(16)14-11-4-5-12-10(8-11)6-7-13(2,3)15-12/h4-8,15H,1-3H3,(H,14,16). The number of fused-ring (bicyclic) bond motifs is 1. The lowest BCUT2D eigenvalue weighted by Gasteiger charge is -2.29. The maximum absolute atomic E-state index is 10.9. The number of rotatable bonds is 1. The van der Waals surface area contributed by atoms with Crippen molar-refractivity contribution in [3.05, 3.63) is 29.8 Å². The molecule has 3 nitrogen and oxygen atoms in total. The molecule has 1 amide bonds. The Morgan fingerprint density at radius 2 is 2.12 bits per heavy atom. The van der Waals surface area contributed by atoms with E-state index in [1.807, 2.05) is 18.2 Å². The summed E-state index contributed by atoms with van der Waals surface area (Å²) in [7, 11) is 0. The average Bonchev–Trinajstić information content (AvgIpc) is 2.16. The number of carbonyl (C=O) groups is 1. The highest BCUT2D eigenvalue weighted by molar-refractivity contribution is 5.90. The monoisotopic (exact) mass is 216 g/mol. The molecule has 3 heteroatoms. The van der Waals surface area contributed by atoms with Crippen molar-refractivity contribution < 1.29 is 4.79 Å². The maximum Gasteiger partial charge on any atom is 0.221 e. The van der Waals surface area contributed by atoms with Crippen molar-refractivity contribution in [2.45, 2.75) is 26.3 Å². The molecule has 0 aliphatic carbocycles. The first-order valence-electron chi connectivity index (χ1n) is 5.35. The topological polar surface area (TPSA) is 41.1 Å². The number of hydrogen-bond donors (Lipinski definition) is 2. The van der Waals surface area contributed by atoms with Gasteiger partial charge in [-0.15, -0.1) is 0 Å². The van der Waals surface area contributed by atoms with Gasteiger partial charge in [0.15, 0.2) is 0 Å². The second kappa shape index (κ2) is 3.67. The van der Waals surface area contributed by atoms with Gasteiger partial charge < -0.3 is 10.6 Å². The van der Waals surface area contributed by atoms with Crippen LogP contribution in [0.25, 0.3) is 6.08 Å². The number of carbonyl (C=O) groups excluding carboxylic acids is 1. The Bertz CT molecular complexity index is 461. The summed E-state index contributed by atoms with van der Waals surface area (Å²) in [6.07, 6.45) is 4.20. The number of nitrogens with one attached hydrogen (secondary N) is 2. The molecule has 0 saturated carbocycles. The molecule has 1 aromatic rings. The highest BCUT2D eigenvalue weighted by Crippen LogP contribution is 2.29. The van der Waals surface area contributed by atoms with E-state index in [0.29, 0.717) is 0 Å². The van der Waals surface area contributed by atoms with Crippen LogP contribution in [-0.4, -0.2) is 11.4 Å². The van der Waals surface area contributed by atoms with E-state index in [1.54, 1.807) is 0 Å². The molecule has 1 aliphatic rings. The third-order valence-electron chi connectivity index (χ3n) is 2.51. The van der Waals surface area contributed by atoms with E-state index >= 15 is 0 Å². The Kier molecular flexibility index (Phi) is 2.46. The molecule has 2 N–H and O–H groups in total. The van der Waals surface area contributed by atoms with Crippen molar-refractivity contribution in [1.29, 1.82) is 0 Å². The van der Waals surface area contributed by atoms with Gasteiger partial charge in [-0.2, -0.15) is 0 Å². The van der Waals surface area contributed by atoms with Crippen molar-refractivity contribution in [3.8, 4) is 0 Å². The highest BCUT2D eigenvalue weighted by atomic mass is 16.1. The summed E-state index contributed by atoms with van der Waals surface area (Å²) in [6, 6.07) is 5.86. The van der Waals surface area contributed by atoms with Gasteiger partial charge in [-0.1, -0.05) is 12.2 Å². The second-order valence-corrected chi connectivity index (χ2v) is 4.66. The molecular weight excluding hydrogens is 200 g/mol. The van der Waals surface area contributed by atoms with E-state index in [1.165, 1.54) is 6.92 Å². The van der Waals surface area contributed by atoms with Crippen LogP contribution in [0.15, 0.2) is 24.3 Å². The van der Waals surface area contributed by atoms with Gasteiger partial charge >= 0.3 is 0 Å². The van der Waals surface area contributed by atoms with Crippen LogP contribution in [0.2, 0.25) is 0 Å². The van der Waals surface area contributed by atoms with Gasteiger partial charge in [-0.25, -0.2) is 0 Å². The molecule has 1 aliphatic heterocycles. The Labute approximate surface area is 95.6 Å². The molecule has 0 spiro atoms. The highest BCUT2D eigenvalue weighted by Gasteiger charge is 2.18. The van der Waals surface area contributed by atoms with Crippen molar-refractivity contribution in [1.82, 2.24) is 0 Å². The predicted molar refractivity (Wildman–Crippen MR) is 67.5 cm³/mol. The van der Waals surface area contributed by atoms with E-state index in [2.05, 4.69) is 36.6 Å². The number of benzene rings is 1. The molecule has 0 radical (unpaired) electrons. The first-order chi connectivity index (χ1) is 7.46. The lowest BCUT2D eigenvalue weighted by Crippen LogP contribution is -2.30. The third-order valence-corrected chi connectivity index (χ3v) is 2.51. The smallest absolute Gasteiger partial charge is 0.221 e. The Morgan fingerprint density at radius 1 is 1.38 bits per heavy atom. The molecule has 2 rings (SSSR count). The summed E-state index contributed by atoms with van der Waals surface area (Å²) in [5, 5.41) is 6.19. The summed E-state index contributed by atoms with van der Waals surface area (Å²) < 4.78 is 0. The van der Waals surface area contributed by atoms with Crippen LogP contribution < -0.4 is 10.6 Å². The number of hydrogen-bond acceptors (Lipinski definition) is 2. The fourth-order valence-corrected chi connectivity index (χ4v) is 1.78. The summed E-state index contributed by atoms with van der Waals surface area (Å²) >= 11 is 0. The molecule has 1 heterocycles. The van der Waals surface area contributed by atoms with Gasteiger partial charge in [0.1, 0.15) is 0 Å². The molecule has 0 atom stereocenters. The van der Waals surface area contributed by atoms with Gasteiger partial charge in [0, 0.05) is 18.3 Å². The van der Waals surface area contributed by atoms with Crippen LogP contribution >= 0.6 is 0 Å². The maximum atomic E-state index is 10.9. The molecule has 0 bridgehead atoms. The SMILES string of the molecule is CC(=O)Nc1ccc2c(c1)C=CC(C)(C)N2. The number of anilines is 2. The van der Waals surface area contributed by atoms with Crippen LogP contribution in [0.3, 0.4) is 0 Å². The van der Waals surface area contributed by atoms with Crippen LogP contribution in [0, 0.1) is 0 Å². The first kappa shape index (κ1) is 10.7. The summed E-state index contributed by atoms with van der Waals surface area (Å²) in [5.74, 6) is -0.0481. The Hall–Kier alpha value is -1.77. The van der Waals surface area contributed by atoms with Gasteiger partial charge in [-0.05, 0) is 37.6 Å². The summed E-state index contributed by atoms with van der Waals surface area (Å²) in [5.41, 5.74) is 3.02. The van der Waals surface area contributed by atoms with Crippen molar-refractivity contribution in [3.63, 3.8) is 0 Å². The minimum absolute atomic E-state index is 0.0114. The van der Waals surface area contributed by atoms with Gasteiger partial charge in [0.25, 0.3) is 0 Å². The summed E-state index contributed by atoms with van der Waals surface area (Å²) in [6.45, 7) is 5.75. The Morgan fingerprint density at radius 3 is 2.81 bits per heavy atom. The van der Waals surface area contributed by atoms with E-state index in [9.17, 15) is 4.79 Å². The fourth-order valence-electron chi connectivity index (χ4n) is 1.78. The number of amides is 1. The zero-order chi connectivity index (χ0) is 11.8. The van der Waals surface area contributed by atoms with Crippen molar-refractivity contribution in [2.24, 2.45) is 0 Å². The van der Waals surface area contributed by atoms with Gasteiger partial charge in [0.05, 0.1) is 5.54 Å². The van der Waals surface area contributed by atoms with E-state index < -0.39 is 0 Å². The molecule has 1 aromatic carbocycles. The fraction of sp³-hybridized carbons (Fsp3) is 0.308. The lowest BCUT2D eigenvalue weighted by atomic mass is 9.96. The van der Waals surface area contributed by atoms with Gasteiger partial charge in [-0.3, -0.25) is 4.79 Å². The van der Waals surface area contributed by atoms with Gasteiger partial charge in [0.2, 0.25) is 5.91 Å². The zero-order valence-electron chi connectivity index (χ0n) is 9.79. The second-order valence-electron chi connectivity index (χ2n) is 4.66. The molecule has 0 fully saturated rings. The summed E-state index contributed by atoms with van der Waals surface area (Å²) in [4.78, 5) is 10.9. The Balaban J connectivity index is 2.31. The quantitative estimate of drug-likeness (QED) is 0.758. The molecule has 16 heavy (non-hydrogen) atoms. The molecular formula is C13H16N2O. The normalized spacial score (nSPS) is 16.2. The molecule has 84 valence electrons. The molecule has 0 unspecified atom stereocenters. The van der Waals surface area contributed by atoms with Crippen molar-refractivity contribution >= 4 is 23.4 Å². The van der Waals surface area contributed by atoms with E-state index in [-0.39, 0.29) is 11.4 Å². The largest absolute Gasteiger partial charge is 0.376 e. The van der Waals surface area contributed by atoms with Crippen LogP contribution in [0.4, 0.5) is 11.4 Å². The van der Waals surface area contributed by atoms with Crippen LogP contribution in [0.5, 0.6) is 0 Å². The van der Waals surface area contributed by atoms with Crippen molar-refractivity contribution in [2.75, 3.05) is 10.6 Å². The van der Waals surface area contributed by atoms with E-state index in [4.69, 9.17) is 0 Å². The average molecular weight is 216 g/mol. The zero-order valence-corrected chi connectivity index (χ0v) is 9.79. The van der Waals surface area contributed by atoms with E-state index in [0.717, 1.165) is 16.9 Å². The minimum atomic E-state index is -0.0481. The first-order valence-corrected chi connectivity index (χ1v) is 5.35. The predicted octanol–water partition coefficient (Wildman–Crippen LogP) is 2.86. The van der Waals surface area contributed by atoms with Crippen LogP contribution in [0.1, 0.15) is 26.3 Å². The van der Waals surface area contributed by atoms with Crippen LogP contribution in [-0.2, 0) is 4.79 Å². The third kappa shape index (κ3) is 2.24. The minimum Gasteiger partial charge on any atom is -0.376 e. The lowest BCUT2D eigenvalue weighted by molar-refractivity contribution is -0.114.